The molecule has 2 aliphatic heterocycles. The highest BCUT2D eigenvalue weighted by Gasteiger charge is 2.52. The molecule has 1 saturated carbocycles. The van der Waals surface area contributed by atoms with E-state index in [9.17, 15) is 23.2 Å². The van der Waals surface area contributed by atoms with E-state index in [0.29, 0.717) is 77.8 Å². The second kappa shape index (κ2) is 14.1. The number of carbonyl (C=O) groups is 2. The van der Waals surface area contributed by atoms with Crippen LogP contribution in [0.15, 0.2) is 81.1 Å². The summed E-state index contributed by atoms with van der Waals surface area (Å²) in [6.07, 6.45) is 6.27. The SMILES string of the molecule is Cc1cc(-n2nc3c(c2-n2ccn(-c4ccc(C(N)=O)c(F)c4)c2=O)CN(C(=O)c2cc4cc([C@H]5CCOC(C)(C)C5)ccc4n2C2(c4noc(=O)[nH]4)CC2)CC3)cc(C)c1F. The molecule has 1 saturated heterocycles. The third-order valence-electron chi connectivity index (χ3n) is 12.7. The van der Waals surface area contributed by atoms with Crippen molar-refractivity contribution in [3.63, 3.8) is 0 Å². The Kier molecular flexibility index (Phi) is 8.92. The van der Waals surface area contributed by atoms with Crippen LogP contribution < -0.4 is 17.2 Å². The van der Waals surface area contributed by atoms with Gasteiger partial charge in [-0.05, 0) is 125 Å². The molecule has 318 valence electrons. The van der Waals surface area contributed by atoms with Gasteiger partial charge in [0.2, 0.25) is 0 Å². The van der Waals surface area contributed by atoms with Crippen LogP contribution in [0.3, 0.4) is 0 Å². The topological polar surface area (TPSA) is 181 Å². The maximum absolute atomic E-state index is 15.2. The number of primary amides is 1. The summed E-state index contributed by atoms with van der Waals surface area (Å²) >= 11 is 0. The second-order valence-corrected chi connectivity index (χ2v) is 17.3. The summed E-state index contributed by atoms with van der Waals surface area (Å²) in [6, 6.07) is 15.2. The van der Waals surface area contributed by atoms with Gasteiger partial charge in [0.15, 0.2) is 5.82 Å². The minimum Gasteiger partial charge on any atom is -0.376 e. The first-order valence-electron chi connectivity index (χ1n) is 20.6. The first kappa shape index (κ1) is 39.3. The number of nitrogens with zero attached hydrogens (tertiary/aromatic N) is 7. The summed E-state index contributed by atoms with van der Waals surface area (Å²) in [6.45, 7) is 8.49. The number of nitrogens with two attached hydrogens (primary N) is 1. The molecule has 15 nitrogen and oxygen atoms in total. The minimum atomic E-state index is -0.942. The number of imidazole rings is 1. The molecule has 3 N–H and O–H groups in total. The average molecular weight is 844 g/mol. The molecule has 2 fully saturated rings. The Balaban J connectivity index is 1.09. The van der Waals surface area contributed by atoms with E-state index in [1.54, 1.807) is 35.6 Å². The van der Waals surface area contributed by atoms with Gasteiger partial charge in [0.05, 0.1) is 34.8 Å². The molecule has 62 heavy (non-hydrogen) atoms. The van der Waals surface area contributed by atoms with Gasteiger partial charge in [0, 0.05) is 48.4 Å². The number of ether oxygens (including phenoxy) is 1. The Hall–Kier alpha value is -6.88. The molecule has 1 atom stereocenters. The second-order valence-electron chi connectivity index (χ2n) is 17.3. The number of aromatic amines is 1. The number of benzene rings is 3. The van der Waals surface area contributed by atoms with Gasteiger partial charge in [-0.25, -0.2) is 23.1 Å². The zero-order chi connectivity index (χ0) is 43.4. The molecule has 2 amide bonds. The van der Waals surface area contributed by atoms with Crippen LogP contribution >= 0.6 is 0 Å². The van der Waals surface area contributed by atoms with E-state index in [-0.39, 0.29) is 41.0 Å². The number of halogens is 2. The van der Waals surface area contributed by atoms with E-state index < -0.39 is 28.7 Å². The van der Waals surface area contributed by atoms with Crippen molar-refractivity contribution in [1.29, 1.82) is 0 Å². The molecule has 1 aliphatic carbocycles. The zero-order valence-corrected chi connectivity index (χ0v) is 34.5. The van der Waals surface area contributed by atoms with Crippen molar-refractivity contribution in [1.82, 2.24) is 38.5 Å². The van der Waals surface area contributed by atoms with Crippen LogP contribution in [0.5, 0.6) is 0 Å². The van der Waals surface area contributed by atoms with Crippen LogP contribution in [0.2, 0.25) is 0 Å². The molecule has 4 aromatic heterocycles. The predicted octanol–water partition coefficient (Wildman–Crippen LogP) is 5.85. The van der Waals surface area contributed by atoms with Crippen LogP contribution in [0, 0.1) is 25.5 Å². The van der Waals surface area contributed by atoms with Crippen LogP contribution in [0.25, 0.3) is 28.1 Å². The van der Waals surface area contributed by atoms with E-state index in [1.165, 1.54) is 33.7 Å². The molecule has 3 aliphatic rings. The lowest BCUT2D eigenvalue weighted by atomic mass is 9.83. The van der Waals surface area contributed by atoms with Crippen molar-refractivity contribution < 1.29 is 27.6 Å². The smallest absolute Gasteiger partial charge is 0.376 e. The highest BCUT2D eigenvalue weighted by molar-refractivity contribution is 5.99. The van der Waals surface area contributed by atoms with Crippen molar-refractivity contribution in [3.8, 4) is 17.2 Å². The van der Waals surface area contributed by atoms with Gasteiger partial charge in [0.1, 0.15) is 28.7 Å². The van der Waals surface area contributed by atoms with E-state index in [2.05, 4.69) is 36.1 Å². The number of carbonyl (C=O) groups excluding carboxylic acids is 2. The minimum absolute atomic E-state index is 0.0555. The van der Waals surface area contributed by atoms with Gasteiger partial charge >= 0.3 is 11.4 Å². The van der Waals surface area contributed by atoms with Crippen molar-refractivity contribution in [3.05, 3.63) is 145 Å². The largest absolute Gasteiger partial charge is 0.438 e. The number of nitrogens with one attached hydrogen (secondary N) is 1. The molecule has 0 radical (unpaired) electrons. The van der Waals surface area contributed by atoms with Gasteiger partial charge in [0.25, 0.3) is 11.8 Å². The van der Waals surface area contributed by atoms with E-state index >= 15 is 4.79 Å². The molecule has 7 aromatic rings. The number of hydrogen-bond acceptors (Lipinski definition) is 8. The Morgan fingerprint density at radius 2 is 1.71 bits per heavy atom. The van der Waals surface area contributed by atoms with Crippen molar-refractivity contribution >= 4 is 22.7 Å². The summed E-state index contributed by atoms with van der Waals surface area (Å²) in [5, 5.41) is 9.92. The van der Waals surface area contributed by atoms with Crippen LogP contribution in [0.4, 0.5) is 8.78 Å². The van der Waals surface area contributed by atoms with E-state index in [4.69, 9.17) is 20.1 Å². The van der Waals surface area contributed by atoms with Gasteiger partial charge < -0.3 is 19.9 Å². The monoisotopic (exact) mass is 843 g/mol. The highest BCUT2D eigenvalue weighted by atomic mass is 19.1. The van der Waals surface area contributed by atoms with Crippen LogP contribution in [-0.2, 0) is 23.2 Å². The summed E-state index contributed by atoms with van der Waals surface area (Å²) in [7, 11) is 0. The number of fused-ring (bicyclic) bond motifs is 2. The van der Waals surface area contributed by atoms with Crippen molar-refractivity contribution in [2.24, 2.45) is 5.73 Å². The predicted molar refractivity (Wildman–Crippen MR) is 222 cm³/mol. The normalized spacial score (nSPS) is 18.0. The number of hydrogen-bond donors (Lipinski definition) is 2. The summed E-state index contributed by atoms with van der Waals surface area (Å²) < 4.78 is 47.0. The molecule has 0 bridgehead atoms. The Labute approximate surface area is 352 Å². The zero-order valence-electron chi connectivity index (χ0n) is 34.5. The Morgan fingerprint density at radius 1 is 0.952 bits per heavy atom. The summed E-state index contributed by atoms with van der Waals surface area (Å²) in [5.74, 6) is -2.22. The van der Waals surface area contributed by atoms with Crippen molar-refractivity contribution in [2.75, 3.05) is 13.2 Å². The van der Waals surface area contributed by atoms with Crippen LogP contribution in [0.1, 0.15) is 100 Å². The van der Waals surface area contributed by atoms with Crippen molar-refractivity contribution in [2.45, 2.75) is 83.4 Å². The van der Waals surface area contributed by atoms with Gasteiger partial charge in [-0.2, -0.15) is 5.10 Å². The molecule has 0 spiro atoms. The molecular formula is C45H43F2N9O6. The maximum Gasteiger partial charge on any atom is 0.438 e. The quantitative estimate of drug-likeness (QED) is 0.191. The molecule has 3 aromatic carbocycles. The fourth-order valence-corrected chi connectivity index (χ4v) is 9.49. The molecule has 17 heteroatoms. The van der Waals surface area contributed by atoms with Gasteiger partial charge in [-0.1, -0.05) is 11.2 Å². The molecular weight excluding hydrogens is 801 g/mol. The number of amides is 2. The first-order chi connectivity index (χ1) is 29.6. The average Bonchev–Trinajstić information content (AvgIpc) is 3.51. The third-order valence-corrected chi connectivity index (χ3v) is 12.7. The van der Waals surface area contributed by atoms with E-state index in [0.717, 1.165) is 35.4 Å². The highest BCUT2D eigenvalue weighted by Crippen LogP contribution is 2.51. The van der Waals surface area contributed by atoms with Gasteiger partial charge in [-0.3, -0.25) is 28.2 Å². The fourth-order valence-electron chi connectivity index (χ4n) is 9.49. The molecule has 0 unspecified atom stereocenters. The number of aromatic nitrogens is 7. The first-order valence-corrected chi connectivity index (χ1v) is 20.6. The Morgan fingerprint density at radius 3 is 2.39 bits per heavy atom. The fraction of sp³-hybridized carbons (Fsp3) is 0.333. The number of rotatable bonds is 8. The molecule has 10 rings (SSSR count). The maximum atomic E-state index is 15.2. The standard InChI is InChI=1S/C45H43F2N9O6/c1-24-17-30(18-25(2)37(24)47)56-39(54-15-14-53(43(54)60)29-6-7-31(38(48)57)33(46)21-29)32-23-52(13-9-34(32)50-56)40(58)36-20-28-19-26(27-10-16-61-44(3,4)22-27)5-8-35(28)55(36)45(11-12-45)41-49-42(59)62-51-41/h5-8,14-15,17-21,27H,9-13,16,22-23H2,1-4H3,(H2,48,57)(H,49,51,59)/t27-/m0/s1. The lowest BCUT2D eigenvalue weighted by molar-refractivity contribution is -0.0592. The third kappa shape index (κ3) is 6.32. The summed E-state index contributed by atoms with van der Waals surface area (Å²) in [4.78, 5) is 58.0. The van der Waals surface area contributed by atoms with Crippen LogP contribution in [-0.4, -0.2) is 69.1 Å². The summed E-state index contributed by atoms with van der Waals surface area (Å²) in [5.41, 5.74) is 8.35. The Bertz CT molecular complexity index is 3100. The lowest BCUT2D eigenvalue weighted by Gasteiger charge is -2.35. The lowest BCUT2D eigenvalue weighted by Crippen LogP contribution is -2.38. The van der Waals surface area contributed by atoms with Gasteiger partial charge in [-0.15, -0.1) is 0 Å². The molecule has 6 heterocycles. The number of H-pyrrole nitrogens is 1. The van der Waals surface area contributed by atoms with E-state index in [1.807, 2.05) is 16.7 Å². The number of aryl methyl sites for hydroxylation is 2.